The molecule has 0 aromatic rings. The minimum atomic E-state index is 0.370. The van der Waals surface area contributed by atoms with Gasteiger partial charge in [-0.1, -0.05) is 20.8 Å². The first-order chi connectivity index (χ1) is 9.14. The molecule has 0 amide bonds. The topological polar surface area (TPSA) is 18.5 Å². The van der Waals surface area contributed by atoms with Crippen LogP contribution in [0.25, 0.3) is 0 Å². The van der Waals surface area contributed by atoms with Gasteiger partial charge in [-0.2, -0.15) is 0 Å². The van der Waals surface area contributed by atoms with Gasteiger partial charge in [0.25, 0.3) is 0 Å². The molecule has 1 unspecified atom stereocenters. The number of piperidine rings is 1. The van der Waals surface area contributed by atoms with Gasteiger partial charge in [0, 0.05) is 30.7 Å². The Bertz CT molecular complexity index is 267. The average molecular weight is 267 g/mol. The van der Waals surface area contributed by atoms with Gasteiger partial charge in [0.1, 0.15) is 0 Å². The molecule has 0 aromatic carbocycles. The lowest BCUT2D eigenvalue weighted by molar-refractivity contribution is 0.0125. The molecule has 3 heteroatoms. The SMILES string of the molecule is CCC1CNC(CC)(CC)CN1C1CCN(C)CC1. The molecule has 0 aliphatic carbocycles. The number of rotatable bonds is 4. The van der Waals surface area contributed by atoms with Crippen molar-refractivity contribution in [1.82, 2.24) is 15.1 Å². The Balaban J connectivity index is 2.05. The summed E-state index contributed by atoms with van der Waals surface area (Å²) < 4.78 is 0. The first kappa shape index (κ1) is 15.3. The number of piperazine rings is 1. The third-order valence-corrected chi connectivity index (χ3v) is 5.65. The second kappa shape index (κ2) is 6.55. The molecular formula is C16H33N3. The lowest BCUT2D eigenvalue weighted by atomic mass is 9.86. The van der Waals surface area contributed by atoms with Crippen molar-refractivity contribution in [3.05, 3.63) is 0 Å². The van der Waals surface area contributed by atoms with Gasteiger partial charge >= 0.3 is 0 Å². The molecule has 1 N–H and O–H groups in total. The molecule has 2 aliphatic heterocycles. The van der Waals surface area contributed by atoms with Crippen LogP contribution in [0.5, 0.6) is 0 Å². The molecule has 1 atom stereocenters. The maximum absolute atomic E-state index is 3.86. The Labute approximate surface area is 119 Å². The third-order valence-electron chi connectivity index (χ3n) is 5.65. The molecule has 2 fully saturated rings. The van der Waals surface area contributed by atoms with E-state index in [2.05, 4.69) is 42.9 Å². The first-order valence-corrected chi connectivity index (χ1v) is 8.33. The Morgan fingerprint density at radius 2 is 1.74 bits per heavy atom. The number of nitrogens with one attached hydrogen (secondary N) is 1. The average Bonchev–Trinajstić information content (AvgIpc) is 2.47. The molecule has 0 aromatic heterocycles. The molecular weight excluding hydrogens is 234 g/mol. The van der Waals surface area contributed by atoms with Crippen molar-refractivity contribution in [2.24, 2.45) is 0 Å². The maximum Gasteiger partial charge on any atom is 0.0304 e. The van der Waals surface area contributed by atoms with E-state index in [1.54, 1.807) is 0 Å². The molecule has 3 nitrogen and oxygen atoms in total. The molecule has 0 bridgehead atoms. The van der Waals surface area contributed by atoms with E-state index in [0.29, 0.717) is 5.54 Å². The van der Waals surface area contributed by atoms with E-state index in [1.807, 2.05) is 0 Å². The minimum Gasteiger partial charge on any atom is -0.308 e. The quantitative estimate of drug-likeness (QED) is 0.843. The fraction of sp³-hybridized carbons (Fsp3) is 1.00. The zero-order chi connectivity index (χ0) is 13.9. The van der Waals surface area contributed by atoms with Crippen molar-refractivity contribution in [2.45, 2.75) is 70.5 Å². The van der Waals surface area contributed by atoms with E-state index < -0.39 is 0 Å². The second-order valence-corrected chi connectivity index (χ2v) is 6.64. The first-order valence-electron chi connectivity index (χ1n) is 8.33. The zero-order valence-corrected chi connectivity index (χ0v) is 13.4. The Hall–Kier alpha value is -0.120. The van der Waals surface area contributed by atoms with Crippen LogP contribution in [0.2, 0.25) is 0 Å². The van der Waals surface area contributed by atoms with Crippen LogP contribution in [-0.4, -0.2) is 60.6 Å². The van der Waals surface area contributed by atoms with E-state index >= 15 is 0 Å². The molecule has 2 heterocycles. The Kier molecular flexibility index (Phi) is 5.27. The van der Waals surface area contributed by atoms with Gasteiger partial charge in [-0.3, -0.25) is 4.90 Å². The lowest BCUT2D eigenvalue weighted by Gasteiger charge is -2.51. The number of hydrogen-bond acceptors (Lipinski definition) is 3. The summed E-state index contributed by atoms with van der Waals surface area (Å²) in [5, 5.41) is 3.86. The van der Waals surface area contributed by atoms with Crippen molar-refractivity contribution in [1.29, 1.82) is 0 Å². The summed E-state index contributed by atoms with van der Waals surface area (Å²) in [7, 11) is 2.26. The van der Waals surface area contributed by atoms with E-state index in [0.717, 1.165) is 12.1 Å². The monoisotopic (exact) mass is 267 g/mol. The van der Waals surface area contributed by atoms with Gasteiger partial charge in [-0.05, 0) is 52.2 Å². The minimum absolute atomic E-state index is 0.370. The zero-order valence-electron chi connectivity index (χ0n) is 13.4. The molecule has 2 rings (SSSR count). The second-order valence-electron chi connectivity index (χ2n) is 6.64. The van der Waals surface area contributed by atoms with E-state index in [-0.39, 0.29) is 0 Å². The summed E-state index contributed by atoms with van der Waals surface area (Å²) in [5.74, 6) is 0. The largest absolute Gasteiger partial charge is 0.308 e. The number of hydrogen-bond donors (Lipinski definition) is 1. The normalized spacial score (nSPS) is 30.6. The van der Waals surface area contributed by atoms with Crippen molar-refractivity contribution in [2.75, 3.05) is 33.2 Å². The lowest BCUT2D eigenvalue weighted by Crippen LogP contribution is -2.66. The fourth-order valence-electron chi connectivity index (χ4n) is 3.84. The predicted molar refractivity (Wildman–Crippen MR) is 82.6 cm³/mol. The van der Waals surface area contributed by atoms with Crippen LogP contribution in [0, 0.1) is 0 Å². The van der Waals surface area contributed by atoms with Gasteiger partial charge in [0.2, 0.25) is 0 Å². The van der Waals surface area contributed by atoms with E-state index in [1.165, 1.54) is 58.3 Å². The van der Waals surface area contributed by atoms with Gasteiger partial charge in [-0.25, -0.2) is 0 Å². The molecule has 0 radical (unpaired) electrons. The summed E-state index contributed by atoms with van der Waals surface area (Å²) in [5.41, 5.74) is 0.370. The highest BCUT2D eigenvalue weighted by Crippen LogP contribution is 2.28. The smallest absolute Gasteiger partial charge is 0.0304 e. The highest BCUT2D eigenvalue weighted by Gasteiger charge is 2.39. The summed E-state index contributed by atoms with van der Waals surface area (Å²) in [6.07, 6.45) is 6.50. The Morgan fingerprint density at radius 1 is 1.11 bits per heavy atom. The molecule has 2 aliphatic rings. The highest BCUT2D eigenvalue weighted by molar-refractivity contribution is 4.99. The number of likely N-dealkylation sites (tertiary alicyclic amines) is 1. The summed E-state index contributed by atoms with van der Waals surface area (Å²) in [4.78, 5) is 5.34. The molecule has 0 saturated carbocycles. The van der Waals surface area contributed by atoms with Crippen LogP contribution in [0.3, 0.4) is 0 Å². The molecule has 112 valence electrons. The van der Waals surface area contributed by atoms with Crippen LogP contribution in [-0.2, 0) is 0 Å². The van der Waals surface area contributed by atoms with Gasteiger partial charge < -0.3 is 10.2 Å². The van der Waals surface area contributed by atoms with Crippen LogP contribution < -0.4 is 5.32 Å². The van der Waals surface area contributed by atoms with Crippen molar-refractivity contribution < 1.29 is 0 Å². The third kappa shape index (κ3) is 3.32. The van der Waals surface area contributed by atoms with Crippen LogP contribution >= 0.6 is 0 Å². The molecule has 2 saturated heterocycles. The summed E-state index contributed by atoms with van der Waals surface area (Å²) >= 11 is 0. The van der Waals surface area contributed by atoms with E-state index in [4.69, 9.17) is 0 Å². The summed E-state index contributed by atoms with van der Waals surface area (Å²) in [6.45, 7) is 12.0. The van der Waals surface area contributed by atoms with Crippen molar-refractivity contribution in [3.63, 3.8) is 0 Å². The molecule has 0 spiro atoms. The van der Waals surface area contributed by atoms with Crippen LogP contribution in [0.1, 0.15) is 52.9 Å². The predicted octanol–water partition coefficient (Wildman–Crippen LogP) is 2.32. The van der Waals surface area contributed by atoms with Crippen LogP contribution in [0.15, 0.2) is 0 Å². The van der Waals surface area contributed by atoms with Gasteiger partial charge in [0.15, 0.2) is 0 Å². The standard InChI is InChI=1S/C16H33N3/c1-5-14-12-17-16(6-2,7-3)13-19(14)15-8-10-18(4)11-9-15/h14-15,17H,5-13H2,1-4H3. The fourth-order valence-corrected chi connectivity index (χ4v) is 3.84. The van der Waals surface area contributed by atoms with E-state index in [9.17, 15) is 0 Å². The van der Waals surface area contributed by atoms with Gasteiger partial charge in [0.05, 0.1) is 0 Å². The van der Waals surface area contributed by atoms with Crippen molar-refractivity contribution in [3.8, 4) is 0 Å². The maximum atomic E-state index is 3.86. The Morgan fingerprint density at radius 3 is 2.26 bits per heavy atom. The summed E-state index contributed by atoms with van der Waals surface area (Å²) in [6, 6.07) is 1.57. The van der Waals surface area contributed by atoms with Crippen molar-refractivity contribution >= 4 is 0 Å². The molecule has 19 heavy (non-hydrogen) atoms. The van der Waals surface area contributed by atoms with Gasteiger partial charge in [-0.15, -0.1) is 0 Å². The van der Waals surface area contributed by atoms with Crippen LogP contribution in [0.4, 0.5) is 0 Å². The number of nitrogens with zero attached hydrogens (tertiary/aromatic N) is 2. The highest BCUT2D eigenvalue weighted by atomic mass is 15.3.